The molecule has 7 heteroatoms. The van der Waals surface area contributed by atoms with Gasteiger partial charge in [0.05, 0.1) is 18.4 Å². The van der Waals surface area contributed by atoms with Crippen LogP contribution in [0.25, 0.3) is 5.82 Å². The Morgan fingerprint density at radius 3 is 2.46 bits per heavy atom. The summed E-state index contributed by atoms with van der Waals surface area (Å²) in [6, 6.07) is 0. The van der Waals surface area contributed by atoms with Gasteiger partial charge in [-0.25, -0.2) is 14.6 Å². The fourth-order valence-corrected chi connectivity index (χ4v) is 6.28. The van der Waals surface area contributed by atoms with Crippen LogP contribution in [0.4, 0.5) is 0 Å². The lowest BCUT2D eigenvalue weighted by Gasteiger charge is -2.56. The summed E-state index contributed by atoms with van der Waals surface area (Å²) < 4.78 is 6.83. The first-order chi connectivity index (χ1) is 13.5. The Morgan fingerprint density at radius 1 is 1.18 bits per heavy atom. The Labute approximate surface area is 164 Å². The predicted molar refractivity (Wildman–Crippen MR) is 103 cm³/mol. The summed E-state index contributed by atoms with van der Waals surface area (Å²) in [5, 5.41) is 7.69. The van der Waals surface area contributed by atoms with E-state index >= 15 is 0 Å². The normalized spacial score (nSPS) is 30.4. The maximum Gasteiger partial charge on any atom is 0.259 e. The first-order valence-corrected chi connectivity index (χ1v) is 10.2. The number of carbonyl (C=O) groups excluding carboxylic acids is 1. The lowest BCUT2D eigenvalue weighted by atomic mass is 9.49. The van der Waals surface area contributed by atoms with E-state index in [4.69, 9.17) is 4.74 Å². The molecule has 0 saturated heterocycles. The van der Waals surface area contributed by atoms with Crippen LogP contribution >= 0.6 is 0 Å². The zero-order valence-corrected chi connectivity index (χ0v) is 16.5. The van der Waals surface area contributed by atoms with E-state index in [0.717, 1.165) is 24.3 Å². The number of ether oxygens (including phenoxy) is 1. The molecule has 6 rings (SSSR count). The van der Waals surface area contributed by atoms with E-state index in [9.17, 15) is 4.79 Å². The fourth-order valence-electron chi connectivity index (χ4n) is 6.28. The molecule has 4 aliphatic rings. The Kier molecular flexibility index (Phi) is 4.14. The van der Waals surface area contributed by atoms with Gasteiger partial charge >= 0.3 is 0 Å². The van der Waals surface area contributed by atoms with Gasteiger partial charge in [0, 0.05) is 25.1 Å². The smallest absolute Gasteiger partial charge is 0.259 e. The second-order valence-electron chi connectivity index (χ2n) is 9.06. The quantitative estimate of drug-likeness (QED) is 0.861. The number of nitrogens with one attached hydrogen (secondary N) is 1. The molecule has 0 radical (unpaired) electrons. The van der Waals surface area contributed by atoms with Crippen LogP contribution in [0.5, 0.6) is 5.88 Å². The highest BCUT2D eigenvalue weighted by atomic mass is 16.5. The monoisotopic (exact) mass is 381 g/mol. The number of rotatable bonds is 5. The van der Waals surface area contributed by atoms with Crippen molar-refractivity contribution in [3.63, 3.8) is 0 Å². The van der Waals surface area contributed by atoms with Crippen molar-refractivity contribution in [3.8, 4) is 11.7 Å². The van der Waals surface area contributed by atoms with Crippen molar-refractivity contribution in [1.82, 2.24) is 25.1 Å². The summed E-state index contributed by atoms with van der Waals surface area (Å²) in [6.45, 7) is 2.63. The molecule has 2 heterocycles. The molecule has 4 bridgehead atoms. The molecule has 0 unspecified atom stereocenters. The number of hydrogen-bond donors (Lipinski definition) is 1. The molecule has 0 atom stereocenters. The minimum Gasteiger partial charge on any atom is -0.478 e. The molecule has 0 aliphatic heterocycles. The Balaban J connectivity index is 1.32. The Bertz CT molecular complexity index is 871. The summed E-state index contributed by atoms with van der Waals surface area (Å²) in [4.78, 5) is 21.4. The molecule has 4 saturated carbocycles. The van der Waals surface area contributed by atoms with E-state index in [-0.39, 0.29) is 5.91 Å². The number of methoxy groups -OCH3 is 1. The number of carbonyl (C=O) groups is 1. The van der Waals surface area contributed by atoms with Gasteiger partial charge in [-0.05, 0) is 68.6 Å². The Morgan fingerprint density at radius 2 is 1.82 bits per heavy atom. The largest absolute Gasteiger partial charge is 0.478 e. The maximum atomic E-state index is 12.9. The maximum absolute atomic E-state index is 12.9. The van der Waals surface area contributed by atoms with Gasteiger partial charge in [-0.15, -0.1) is 0 Å². The zero-order chi connectivity index (χ0) is 19.3. The average molecular weight is 381 g/mol. The number of amides is 1. The highest BCUT2D eigenvalue weighted by molar-refractivity contribution is 5.95. The van der Waals surface area contributed by atoms with E-state index in [2.05, 4.69) is 20.4 Å². The SMILES string of the molecule is COc1nccnc1-n1cc(C(=O)NCC23CC4CC(CC(C4)C2)C3)c(C)n1. The number of aryl methyl sites for hydroxylation is 1. The third-order valence-corrected chi connectivity index (χ3v) is 6.99. The number of aromatic nitrogens is 4. The Hall–Kier alpha value is -2.44. The van der Waals surface area contributed by atoms with Gasteiger partial charge in [0.2, 0.25) is 5.82 Å². The fraction of sp³-hybridized carbons (Fsp3) is 0.619. The summed E-state index contributed by atoms with van der Waals surface area (Å²) >= 11 is 0. The molecule has 2 aromatic heterocycles. The molecule has 28 heavy (non-hydrogen) atoms. The number of nitrogens with zero attached hydrogens (tertiary/aromatic N) is 4. The zero-order valence-electron chi connectivity index (χ0n) is 16.5. The van der Waals surface area contributed by atoms with Gasteiger partial charge in [-0.2, -0.15) is 5.10 Å². The van der Waals surface area contributed by atoms with E-state index in [1.54, 1.807) is 30.4 Å². The van der Waals surface area contributed by atoms with Crippen molar-refractivity contribution >= 4 is 5.91 Å². The molecule has 4 fully saturated rings. The second-order valence-corrected chi connectivity index (χ2v) is 9.06. The van der Waals surface area contributed by atoms with Crippen LogP contribution in [0.2, 0.25) is 0 Å². The topological polar surface area (TPSA) is 81.9 Å². The second kappa shape index (κ2) is 6.57. The van der Waals surface area contributed by atoms with Gasteiger partial charge in [0.15, 0.2) is 0 Å². The summed E-state index contributed by atoms with van der Waals surface area (Å²) in [6.07, 6.45) is 13.0. The minimum atomic E-state index is -0.0534. The van der Waals surface area contributed by atoms with Crippen LogP contribution < -0.4 is 10.1 Å². The average Bonchev–Trinajstić information content (AvgIpc) is 3.07. The van der Waals surface area contributed by atoms with Gasteiger partial charge in [-0.3, -0.25) is 4.79 Å². The van der Waals surface area contributed by atoms with Crippen molar-refractivity contribution in [2.45, 2.75) is 45.4 Å². The summed E-state index contributed by atoms with van der Waals surface area (Å²) in [7, 11) is 1.54. The van der Waals surface area contributed by atoms with Gasteiger partial charge in [0.25, 0.3) is 11.8 Å². The van der Waals surface area contributed by atoms with E-state index < -0.39 is 0 Å². The molecular weight excluding hydrogens is 354 g/mol. The lowest BCUT2D eigenvalue weighted by Crippen LogP contribution is -2.51. The van der Waals surface area contributed by atoms with Crippen LogP contribution in [-0.2, 0) is 0 Å². The highest BCUT2D eigenvalue weighted by Gasteiger charge is 2.50. The molecule has 0 spiro atoms. The summed E-state index contributed by atoms with van der Waals surface area (Å²) in [5.74, 6) is 3.46. The molecule has 7 nitrogen and oxygen atoms in total. The van der Waals surface area contributed by atoms with Crippen molar-refractivity contribution in [3.05, 3.63) is 29.8 Å². The van der Waals surface area contributed by atoms with Crippen LogP contribution in [0.15, 0.2) is 18.6 Å². The van der Waals surface area contributed by atoms with Crippen molar-refractivity contribution < 1.29 is 9.53 Å². The van der Waals surface area contributed by atoms with E-state index in [1.165, 1.54) is 38.5 Å². The molecule has 148 valence electrons. The predicted octanol–water partition coefficient (Wildman–Crippen LogP) is 2.93. The van der Waals surface area contributed by atoms with Crippen LogP contribution in [0, 0.1) is 30.1 Å². The lowest BCUT2D eigenvalue weighted by molar-refractivity contribution is -0.0503. The van der Waals surface area contributed by atoms with Gasteiger partial charge in [0.1, 0.15) is 0 Å². The molecular formula is C21H27N5O2. The number of hydrogen-bond acceptors (Lipinski definition) is 5. The van der Waals surface area contributed by atoms with E-state index in [0.29, 0.717) is 28.4 Å². The molecule has 2 aromatic rings. The third-order valence-electron chi connectivity index (χ3n) is 6.99. The molecule has 1 N–H and O–H groups in total. The highest BCUT2D eigenvalue weighted by Crippen LogP contribution is 2.59. The van der Waals surface area contributed by atoms with Crippen molar-refractivity contribution in [2.24, 2.45) is 23.2 Å². The van der Waals surface area contributed by atoms with Gasteiger partial charge in [-0.1, -0.05) is 0 Å². The van der Waals surface area contributed by atoms with Crippen LogP contribution in [-0.4, -0.2) is 39.3 Å². The first-order valence-electron chi connectivity index (χ1n) is 10.2. The molecule has 1 amide bonds. The van der Waals surface area contributed by atoms with Crippen molar-refractivity contribution in [2.75, 3.05) is 13.7 Å². The van der Waals surface area contributed by atoms with Gasteiger partial charge < -0.3 is 10.1 Å². The minimum absolute atomic E-state index is 0.0534. The molecule has 0 aromatic carbocycles. The standard InChI is InChI=1S/C21H27N5O2/c1-13-17(11-26(25-13)18-20(28-2)23-4-3-22-18)19(27)24-12-21-8-14-5-15(9-21)7-16(6-14)10-21/h3-4,11,14-16H,5-10,12H2,1-2H3,(H,24,27). The third kappa shape index (κ3) is 2.97. The van der Waals surface area contributed by atoms with Crippen LogP contribution in [0.1, 0.15) is 54.6 Å². The molecule has 4 aliphatic carbocycles. The summed E-state index contributed by atoms with van der Waals surface area (Å²) in [5.41, 5.74) is 1.58. The first kappa shape index (κ1) is 17.6. The van der Waals surface area contributed by atoms with Crippen LogP contribution in [0.3, 0.4) is 0 Å². The van der Waals surface area contributed by atoms with E-state index in [1.807, 2.05) is 6.92 Å². The van der Waals surface area contributed by atoms with Crippen molar-refractivity contribution in [1.29, 1.82) is 0 Å².